The van der Waals surface area contributed by atoms with Crippen molar-refractivity contribution in [1.82, 2.24) is 10.3 Å². The number of aromatic hydroxyl groups is 1. The van der Waals surface area contributed by atoms with Gasteiger partial charge >= 0.3 is 5.63 Å². The molecule has 3 rings (SSSR count). The second-order valence-corrected chi connectivity index (χ2v) is 7.54. The molecule has 0 fully saturated rings. The summed E-state index contributed by atoms with van der Waals surface area (Å²) in [4.78, 5) is 29.9. The summed E-state index contributed by atoms with van der Waals surface area (Å²) >= 11 is 0. The number of nitrogens with one attached hydrogen (secondary N) is 1. The van der Waals surface area contributed by atoms with Crippen molar-refractivity contribution in [2.45, 2.75) is 25.7 Å². The Balaban J connectivity index is 1.98. The molecule has 1 aromatic carbocycles. The van der Waals surface area contributed by atoms with E-state index in [1.54, 1.807) is 25.3 Å². The fraction of sp³-hybridized carbons (Fsp3) is 0.320. The molecule has 180 valence electrons. The molecular weight excluding hydrogens is 440 g/mol. The van der Waals surface area contributed by atoms with E-state index < -0.39 is 11.5 Å². The van der Waals surface area contributed by atoms with Crippen LogP contribution in [0.3, 0.4) is 0 Å². The van der Waals surface area contributed by atoms with Gasteiger partial charge in [-0.1, -0.05) is 12.1 Å². The fourth-order valence-electron chi connectivity index (χ4n) is 3.83. The topological polar surface area (TPSA) is 120 Å². The third-order valence-electron chi connectivity index (χ3n) is 5.37. The molecule has 0 aliphatic heterocycles. The molecule has 34 heavy (non-hydrogen) atoms. The summed E-state index contributed by atoms with van der Waals surface area (Å²) in [7, 11) is 4.40. The van der Waals surface area contributed by atoms with Gasteiger partial charge in [0.05, 0.1) is 26.9 Å². The zero-order valence-corrected chi connectivity index (χ0v) is 19.6. The highest BCUT2D eigenvalue weighted by atomic mass is 16.5. The lowest BCUT2D eigenvalue weighted by Gasteiger charge is -2.22. The van der Waals surface area contributed by atoms with Crippen LogP contribution in [-0.4, -0.2) is 43.9 Å². The molecule has 0 radical (unpaired) electrons. The number of hydrogen-bond donors (Lipinski definition) is 2. The predicted octanol–water partition coefficient (Wildman–Crippen LogP) is 2.96. The predicted molar refractivity (Wildman–Crippen MR) is 125 cm³/mol. The molecule has 2 heterocycles. The molecule has 1 amide bonds. The minimum atomic E-state index is -0.874. The zero-order chi connectivity index (χ0) is 24.7. The third kappa shape index (κ3) is 5.48. The lowest BCUT2D eigenvalue weighted by molar-refractivity contribution is -0.121. The van der Waals surface area contributed by atoms with Crippen molar-refractivity contribution in [3.8, 4) is 23.0 Å². The smallest absolute Gasteiger partial charge is 0.343 e. The zero-order valence-electron chi connectivity index (χ0n) is 19.6. The molecule has 3 aromatic rings. The standard InChI is InChI=1S/C25H28N2O7/c1-15-13-19(28)22(25(30)34-15)18(14-21(29)27-12-10-16-7-5-6-11-26-16)17-8-9-20(31-2)24(33-4)23(17)32-3/h5-9,11,13,18,28H,10,12,14H2,1-4H3,(H,27,29). The fourth-order valence-corrected chi connectivity index (χ4v) is 3.83. The largest absolute Gasteiger partial charge is 0.507 e. The normalized spacial score (nSPS) is 11.5. The monoisotopic (exact) mass is 468 g/mol. The maximum absolute atomic E-state index is 12.9. The Hall–Kier alpha value is -4.01. The molecule has 0 aliphatic rings. The number of methoxy groups -OCH3 is 3. The van der Waals surface area contributed by atoms with Crippen LogP contribution in [0.5, 0.6) is 23.0 Å². The first-order chi connectivity index (χ1) is 16.4. The van der Waals surface area contributed by atoms with Crippen LogP contribution in [-0.2, 0) is 11.2 Å². The number of aromatic nitrogens is 1. The van der Waals surface area contributed by atoms with Crippen LogP contribution in [0.4, 0.5) is 0 Å². The summed E-state index contributed by atoms with van der Waals surface area (Å²) in [5, 5.41) is 13.5. The quantitative estimate of drug-likeness (QED) is 0.466. The van der Waals surface area contributed by atoms with Crippen LogP contribution in [0.15, 0.2) is 51.8 Å². The van der Waals surface area contributed by atoms with Crippen molar-refractivity contribution in [3.63, 3.8) is 0 Å². The van der Waals surface area contributed by atoms with Gasteiger partial charge < -0.3 is 29.1 Å². The number of carbonyl (C=O) groups is 1. The minimum absolute atomic E-state index is 0.0454. The van der Waals surface area contributed by atoms with Crippen LogP contribution in [0, 0.1) is 6.92 Å². The van der Waals surface area contributed by atoms with Crippen molar-refractivity contribution in [3.05, 3.63) is 75.6 Å². The summed E-state index contributed by atoms with van der Waals surface area (Å²) in [5.74, 6) is -0.201. The van der Waals surface area contributed by atoms with Gasteiger partial charge in [0, 0.05) is 48.8 Å². The van der Waals surface area contributed by atoms with Crippen LogP contribution >= 0.6 is 0 Å². The van der Waals surface area contributed by atoms with Gasteiger partial charge in [-0.3, -0.25) is 9.78 Å². The average molecular weight is 469 g/mol. The van der Waals surface area contributed by atoms with Crippen LogP contribution < -0.4 is 25.2 Å². The molecule has 0 saturated heterocycles. The molecule has 1 unspecified atom stereocenters. The summed E-state index contributed by atoms with van der Waals surface area (Å²) in [6.45, 7) is 1.92. The Morgan fingerprint density at radius 1 is 1.12 bits per heavy atom. The lowest BCUT2D eigenvalue weighted by Crippen LogP contribution is -2.29. The van der Waals surface area contributed by atoms with E-state index in [2.05, 4.69) is 10.3 Å². The Morgan fingerprint density at radius 3 is 2.50 bits per heavy atom. The van der Waals surface area contributed by atoms with Crippen molar-refractivity contribution in [2.24, 2.45) is 0 Å². The Labute approximate surface area is 197 Å². The number of amides is 1. The number of nitrogens with zero attached hydrogens (tertiary/aromatic N) is 1. The third-order valence-corrected chi connectivity index (χ3v) is 5.37. The van der Waals surface area contributed by atoms with Crippen molar-refractivity contribution >= 4 is 5.91 Å². The Morgan fingerprint density at radius 2 is 1.88 bits per heavy atom. The number of carbonyl (C=O) groups excluding carboxylic acids is 1. The van der Waals surface area contributed by atoms with E-state index in [-0.39, 0.29) is 35.2 Å². The SMILES string of the molecule is COc1ccc(C(CC(=O)NCCc2ccccn2)c2c(O)cc(C)oc2=O)c(OC)c1OC. The summed E-state index contributed by atoms with van der Waals surface area (Å²) in [5.41, 5.74) is 0.529. The van der Waals surface area contributed by atoms with Crippen LogP contribution in [0.1, 0.15) is 34.9 Å². The maximum Gasteiger partial charge on any atom is 0.343 e. The van der Waals surface area contributed by atoms with Crippen molar-refractivity contribution in [1.29, 1.82) is 0 Å². The second-order valence-electron chi connectivity index (χ2n) is 7.54. The molecule has 9 heteroatoms. The molecule has 1 atom stereocenters. The molecule has 0 bridgehead atoms. The van der Waals surface area contributed by atoms with Crippen molar-refractivity contribution in [2.75, 3.05) is 27.9 Å². The number of aryl methyl sites for hydroxylation is 1. The van der Waals surface area contributed by atoms with Gasteiger partial charge in [-0.05, 0) is 25.1 Å². The van der Waals surface area contributed by atoms with Crippen LogP contribution in [0.25, 0.3) is 0 Å². The van der Waals surface area contributed by atoms with Gasteiger partial charge in [0.15, 0.2) is 11.5 Å². The van der Waals surface area contributed by atoms with Gasteiger partial charge in [0.2, 0.25) is 11.7 Å². The first-order valence-corrected chi connectivity index (χ1v) is 10.7. The highest BCUT2D eigenvalue weighted by Crippen LogP contribution is 2.45. The van der Waals surface area contributed by atoms with E-state index in [0.717, 1.165) is 5.69 Å². The van der Waals surface area contributed by atoms with Gasteiger partial charge in [0.25, 0.3) is 0 Å². The first kappa shape index (κ1) is 24.6. The molecule has 2 aromatic heterocycles. The highest BCUT2D eigenvalue weighted by Gasteiger charge is 2.30. The van der Waals surface area contributed by atoms with E-state index >= 15 is 0 Å². The van der Waals surface area contributed by atoms with Gasteiger partial charge in [-0.15, -0.1) is 0 Å². The lowest BCUT2D eigenvalue weighted by atomic mass is 9.87. The van der Waals surface area contributed by atoms with E-state index in [4.69, 9.17) is 18.6 Å². The molecule has 2 N–H and O–H groups in total. The molecule has 9 nitrogen and oxygen atoms in total. The highest BCUT2D eigenvalue weighted by molar-refractivity contribution is 5.78. The van der Waals surface area contributed by atoms with Crippen LogP contribution in [0.2, 0.25) is 0 Å². The molecule has 0 saturated carbocycles. The van der Waals surface area contributed by atoms with Gasteiger partial charge in [0.1, 0.15) is 11.5 Å². The van der Waals surface area contributed by atoms with Gasteiger partial charge in [-0.25, -0.2) is 4.79 Å². The minimum Gasteiger partial charge on any atom is -0.507 e. The van der Waals surface area contributed by atoms with E-state index in [1.165, 1.54) is 27.4 Å². The number of hydrogen-bond acceptors (Lipinski definition) is 8. The summed E-state index contributed by atoms with van der Waals surface area (Å²) in [6.07, 6.45) is 2.10. The molecule has 0 spiro atoms. The summed E-state index contributed by atoms with van der Waals surface area (Å²) < 4.78 is 21.6. The second kappa shape index (κ2) is 11.2. The van der Waals surface area contributed by atoms with E-state index in [1.807, 2.05) is 18.2 Å². The molecular formula is C25H28N2O7. The van der Waals surface area contributed by atoms with E-state index in [0.29, 0.717) is 30.0 Å². The van der Waals surface area contributed by atoms with E-state index in [9.17, 15) is 14.7 Å². The summed E-state index contributed by atoms with van der Waals surface area (Å²) in [6, 6.07) is 10.2. The number of benzene rings is 1. The first-order valence-electron chi connectivity index (χ1n) is 10.7. The van der Waals surface area contributed by atoms with Crippen molar-refractivity contribution < 1.29 is 28.5 Å². The molecule has 0 aliphatic carbocycles. The number of ether oxygens (including phenoxy) is 3. The Bertz CT molecular complexity index is 1190. The number of pyridine rings is 1. The van der Waals surface area contributed by atoms with Gasteiger partial charge in [-0.2, -0.15) is 0 Å². The number of rotatable bonds is 10. The Kier molecular flexibility index (Phi) is 8.13. The average Bonchev–Trinajstić information content (AvgIpc) is 2.82. The maximum atomic E-state index is 12.9.